The Kier molecular flexibility index (Phi) is 5.22. The molecule has 3 heteroatoms. The highest BCUT2D eigenvalue weighted by atomic mass is 32.1. The minimum Gasteiger partial charge on any atom is -0.378 e. The molecule has 0 amide bonds. The average Bonchev–Trinajstić information content (AvgIpc) is 2.94. The number of ether oxygens (including phenoxy) is 1. The summed E-state index contributed by atoms with van der Waals surface area (Å²) in [4.78, 5) is 2.94. The summed E-state index contributed by atoms with van der Waals surface area (Å²) in [7, 11) is 0. The van der Waals surface area contributed by atoms with Gasteiger partial charge in [-0.25, -0.2) is 0 Å². The van der Waals surface area contributed by atoms with E-state index in [0.717, 1.165) is 13.2 Å². The Bertz CT molecular complexity index is 369. The van der Waals surface area contributed by atoms with Crippen LogP contribution in [0.25, 0.3) is 0 Å². The van der Waals surface area contributed by atoms with Crippen molar-refractivity contribution in [3.05, 3.63) is 21.4 Å². The van der Waals surface area contributed by atoms with Crippen molar-refractivity contribution in [2.75, 3.05) is 13.2 Å². The molecule has 0 spiro atoms. The first-order valence-corrected chi connectivity index (χ1v) is 7.94. The molecular weight excluding hydrogens is 242 g/mol. The lowest BCUT2D eigenvalue weighted by Crippen LogP contribution is -2.22. The van der Waals surface area contributed by atoms with Crippen LogP contribution in [0.5, 0.6) is 0 Å². The van der Waals surface area contributed by atoms with Gasteiger partial charge in [-0.1, -0.05) is 6.92 Å². The molecular formula is C15H25NOS. The summed E-state index contributed by atoms with van der Waals surface area (Å²) in [5.41, 5.74) is 1.44. The quantitative estimate of drug-likeness (QED) is 0.842. The standard InChI is InChI=1S/C15H25NOS/c1-4-16-14(8-7-13-6-5-9-17-13)15-11(2)10-12(3)18-15/h10,13-14,16H,4-9H2,1-3H3. The molecule has 2 unspecified atom stereocenters. The van der Waals surface area contributed by atoms with Crippen LogP contribution in [-0.4, -0.2) is 19.3 Å². The maximum absolute atomic E-state index is 5.73. The van der Waals surface area contributed by atoms with Gasteiger partial charge in [0.1, 0.15) is 0 Å². The predicted molar refractivity (Wildman–Crippen MR) is 78.4 cm³/mol. The maximum atomic E-state index is 5.73. The molecule has 0 aliphatic carbocycles. The van der Waals surface area contributed by atoms with Crippen LogP contribution < -0.4 is 5.32 Å². The number of nitrogens with one attached hydrogen (secondary N) is 1. The second kappa shape index (κ2) is 6.69. The summed E-state index contributed by atoms with van der Waals surface area (Å²) in [5, 5.41) is 3.63. The number of rotatable bonds is 6. The van der Waals surface area contributed by atoms with Crippen LogP contribution in [0.15, 0.2) is 6.07 Å². The van der Waals surface area contributed by atoms with Gasteiger partial charge in [0, 0.05) is 22.4 Å². The SMILES string of the molecule is CCNC(CCC1CCCO1)c1sc(C)cc1C. The largest absolute Gasteiger partial charge is 0.378 e. The highest BCUT2D eigenvalue weighted by molar-refractivity contribution is 7.12. The van der Waals surface area contributed by atoms with Crippen molar-refractivity contribution in [1.29, 1.82) is 0 Å². The van der Waals surface area contributed by atoms with Crippen LogP contribution in [0.3, 0.4) is 0 Å². The molecule has 2 atom stereocenters. The Balaban J connectivity index is 1.96. The lowest BCUT2D eigenvalue weighted by Gasteiger charge is -2.19. The molecule has 1 N–H and O–H groups in total. The van der Waals surface area contributed by atoms with Gasteiger partial charge in [-0.05, 0) is 57.7 Å². The Labute approximate surface area is 115 Å². The minimum absolute atomic E-state index is 0.507. The molecule has 2 nitrogen and oxygen atoms in total. The van der Waals surface area contributed by atoms with E-state index in [2.05, 4.69) is 32.2 Å². The van der Waals surface area contributed by atoms with Crippen LogP contribution in [0.4, 0.5) is 0 Å². The molecule has 1 aliphatic heterocycles. The van der Waals surface area contributed by atoms with Gasteiger partial charge in [-0.2, -0.15) is 0 Å². The summed E-state index contributed by atoms with van der Waals surface area (Å²) in [5.74, 6) is 0. The van der Waals surface area contributed by atoms with Gasteiger partial charge in [-0.3, -0.25) is 0 Å². The van der Waals surface area contributed by atoms with Gasteiger partial charge in [0.2, 0.25) is 0 Å². The van der Waals surface area contributed by atoms with Gasteiger partial charge in [0.25, 0.3) is 0 Å². The maximum Gasteiger partial charge on any atom is 0.0576 e. The summed E-state index contributed by atoms with van der Waals surface area (Å²) in [6.07, 6.45) is 5.38. The fourth-order valence-electron chi connectivity index (χ4n) is 2.80. The van der Waals surface area contributed by atoms with Gasteiger partial charge in [0.05, 0.1) is 6.10 Å². The fourth-order valence-corrected chi connectivity index (χ4v) is 3.95. The third-order valence-corrected chi connectivity index (χ3v) is 4.91. The molecule has 1 aromatic heterocycles. The molecule has 2 rings (SSSR count). The molecule has 2 heterocycles. The minimum atomic E-state index is 0.507. The Morgan fingerprint density at radius 1 is 1.50 bits per heavy atom. The molecule has 1 saturated heterocycles. The van der Waals surface area contributed by atoms with Crippen LogP contribution in [0.2, 0.25) is 0 Å². The van der Waals surface area contributed by atoms with E-state index in [0.29, 0.717) is 12.1 Å². The molecule has 0 radical (unpaired) electrons. The van der Waals surface area contributed by atoms with Crippen molar-refractivity contribution in [2.45, 2.75) is 58.6 Å². The van der Waals surface area contributed by atoms with E-state index in [1.54, 1.807) is 0 Å². The van der Waals surface area contributed by atoms with Crippen molar-refractivity contribution in [3.63, 3.8) is 0 Å². The molecule has 0 bridgehead atoms. The highest BCUT2D eigenvalue weighted by Gasteiger charge is 2.20. The first kappa shape index (κ1) is 14.0. The number of aryl methyl sites for hydroxylation is 2. The summed E-state index contributed by atoms with van der Waals surface area (Å²) in [6.45, 7) is 8.62. The van der Waals surface area contributed by atoms with Gasteiger partial charge >= 0.3 is 0 Å². The van der Waals surface area contributed by atoms with E-state index < -0.39 is 0 Å². The topological polar surface area (TPSA) is 21.3 Å². The molecule has 1 aliphatic rings. The van der Waals surface area contributed by atoms with Gasteiger partial charge in [-0.15, -0.1) is 11.3 Å². The summed E-state index contributed by atoms with van der Waals surface area (Å²) >= 11 is 1.94. The zero-order chi connectivity index (χ0) is 13.0. The Morgan fingerprint density at radius 2 is 2.33 bits per heavy atom. The first-order chi connectivity index (χ1) is 8.70. The number of hydrogen-bond donors (Lipinski definition) is 1. The van der Waals surface area contributed by atoms with Crippen LogP contribution >= 0.6 is 11.3 Å². The first-order valence-electron chi connectivity index (χ1n) is 7.12. The Hall–Kier alpha value is -0.380. The smallest absolute Gasteiger partial charge is 0.0576 e. The number of hydrogen-bond acceptors (Lipinski definition) is 3. The second-order valence-electron chi connectivity index (χ2n) is 5.23. The predicted octanol–water partition coefficient (Wildman–Crippen LogP) is 3.97. The molecule has 1 aromatic rings. The molecule has 0 aromatic carbocycles. The van der Waals surface area contributed by atoms with E-state index in [1.807, 2.05) is 11.3 Å². The van der Waals surface area contributed by atoms with Crippen LogP contribution in [0, 0.1) is 13.8 Å². The van der Waals surface area contributed by atoms with Crippen molar-refractivity contribution >= 4 is 11.3 Å². The van der Waals surface area contributed by atoms with Crippen molar-refractivity contribution < 1.29 is 4.74 Å². The fraction of sp³-hybridized carbons (Fsp3) is 0.733. The van der Waals surface area contributed by atoms with Crippen molar-refractivity contribution in [2.24, 2.45) is 0 Å². The molecule has 18 heavy (non-hydrogen) atoms. The third kappa shape index (κ3) is 3.56. The lowest BCUT2D eigenvalue weighted by molar-refractivity contribution is 0.0997. The van der Waals surface area contributed by atoms with Crippen molar-refractivity contribution in [3.8, 4) is 0 Å². The Morgan fingerprint density at radius 3 is 2.89 bits per heavy atom. The van der Waals surface area contributed by atoms with E-state index in [-0.39, 0.29) is 0 Å². The normalized spacial score (nSPS) is 21.4. The van der Waals surface area contributed by atoms with Crippen LogP contribution in [-0.2, 0) is 4.74 Å². The van der Waals surface area contributed by atoms with Crippen LogP contribution in [0.1, 0.15) is 54.0 Å². The van der Waals surface area contributed by atoms with E-state index in [9.17, 15) is 0 Å². The van der Waals surface area contributed by atoms with Gasteiger partial charge in [0.15, 0.2) is 0 Å². The highest BCUT2D eigenvalue weighted by Crippen LogP contribution is 2.31. The van der Waals surface area contributed by atoms with Gasteiger partial charge < -0.3 is 10.1 Å². The molecule has 0 saturated carbocycles. The zero-order valence-electron chi connectivity index (χ0n) is 11.8. The molecule has 102 valence electrons. The van der Waals surface area contributed by atoms with E-state index >= 15 is 0 Å². The zero-order valence-corrected chi connectivity index (χ0v) is 12.6. The second-order valence-corrected chi connectivity index (χ2v) is 6.51. The average molecular weight is 267 g/mol. The monoisotopic (exact) mass is 267 g/mol. The number of thiophene rings is 1. The summed E-state index contributed by atoms with van der Waals surface area (Å²) < 4.78 is 5.73. The molecule has 1 fully saturated rings. The lowest BCUT2D eigenvalue weighted by atomic mass is 10.0. The van der Waals surface area contributed by atoms with E-state index in [4.69, 9.17) is 4.74 Å². The van der Waals surface area contributed by atoms with E-state index in [1.165, 1.54) is 41.0 Å². The van der Waals surface area contributed by atoms with Crippen molar-refractivity contribution in [1.82, 2.24) is 5.32 Å². The summed E-state index contributed by atoms with van der Waals surface area (Å²) in [6, 6.07) is 2.81. The third-order valence-electron chi connectivity index (χ3n) is 3.65.